The Morgan fingerprint density at radius 2 is 1.63 bits per heavy atom. The van der Waals surface area contributed by atoms with E-state index in [-0.39, 0.29) is 10.6 Å². The first-order valence-corrected chi connectivity index (χ1v) is 10.9. The normalized spacial score (nSPS) is 11.2. The van der Waals surface area contributed by atoms with Crippen LogP contribution in [-0.2, 0) is 14.8 Å². The van der Waals surface area contributed by atoms with Crippen LogP contribution >= 0.6 is 11.6 Å². The van der Waals surface area contributed by atoms with Crippen LogP contribution in [0.2, 0.25) is 5.02 Å². The standard InChI is InChI=1S/C22H20ClFN2O3S/c1-15-6-12-19(13-7-15)30(28,29)26(18-10-8-17(24)9-11-18)14-22(27)25-21-5-3-4-20(23)16(21)2/h3-13H,14H2,1-2H3,(H,25,27). The lowest BCUT2D eigenvalue weighted by Gasteiger charge is -2.24. The molecule has 0 saturated carbocycles. The van der Waals surface area contributed by atoms with E-state index in [2.05, 4.69) is 5.32 Å². The summed E-state index contributed by atoms with van der Waals surface area (Å²) < 4.78 is 40.9. The average molecular weight is 447 g/mol. The van der Waals surface area contributed by atoms with Crippen LogP contribution in [0.5, 0.6) is 0 Å². The number of rotatable bonds is 6. The number of anilines is 2. The van der Waals surface area contributed by atoms with Crippen LogP contribution in [0.4, 0.5) is 15.8 Å². The Morgan fingerprint density at radius 1 is 1.00 bits per heavy atom. The molecule has 0 aliphatic carbocycles. The number of nitrogens with zero attached hydrogens (tertiary/aromatic N) is 1. The van der Waals surface area contributed by atoms with Gasteiger partial charge in [-0.05, 0) is 67.9 Å². The van der Waals surface area contributed by atoms with Crippen molar-refractivity contribution in [1.82, 2.24) is 0 Å². The smallest absolute Gasteiger partial charge is 0.264 e. The van der Waals surface area contributed by atoms with Gasteiger partial charge in [0, 0.05) is 10.7 Å². The lowest BCUT2D eigenvalue weighted by atomic mass is 10.2. The van der Waals surface area contributed by atoms with E-state index in [1.54, 1.807) is 37.3 Å². The Kier molecular flexibility index (Phi) is 6.43. The molecule has 0 aliphatic heterocycles. The molecule has 0 aliphatic rings. The maximum atomic E-state index is 13.4. The lowest BCUT2D eigenvalue weighted by molar-refractivity contribution is -0.114. The van der Waals surface area contributed by atoms with Crippen molar-refractivity contribution in [2.24, 2.45) is 0 Å². The van der Waals surface area contributed by atoms with E-state index in [0.29, 0.717) is 16.3 Å². The number of carbonyl (C=O) groups excluding carboxylic acids is 1. The summed E-state index contributed by atoms with van der Waals surface area (Å²) in [4.78, 5) is 12.8. The molecule has 0 bridgehead atoms. The first-order chi connectivity index (χ1) is 14.2. The number of aryl methyl sites for hydroxylation is 1. The maximum absolute atomic E-state index is 13.4. The molecule has 3 aromatic carbocycles. The zero-order valence-corrected chi connectivity index (χ0v) is 18.0. The highest BCUT2D eigenvalue weighted by atomic mass is 35.5. The second-order valence-electron chi connectivity index (χ2n) is 6.76. The SMILES string of the molecule is Cc1ccc(S(=O)(=O)N(CC(=O)Nc2cccc(Cl)c2C)c2ccc(F)cc2)cc1. The molecule has 3 rings (SSSR count). The van der Waals surface area contributed by atoms with Crippen molar-refractivity contribution >= 4 is 38.9 Å². The van der Waals surface area contributed by atoms with Gasteiger partial charge in [-0.3, -0.25) is 9.10 Å². The molecule has 0 aromatic heterocycles. The molecule has 0 unspecified atom stereocenters. The van der Waals surface area contributed by atoms with E-state index < -0.39 is 28.3 Å². The molecule has 5 nitrogen and oxygen atoms in total. The first kappa shape index (κ1) is 21.8. The van der Waals surface area contributed by atoms with Crippen LogP contribution in [0.15, 0.2) is 71.6 Å². The molecule has 0 fully saturated rings. The Labute approximate surface area is 180 Å². The predicted octanol–water partition coefficient (Wildman–Crippen LogP) is 4.93. The van der Waals surface area contributed by atoms with Gasteiger partial charge in [0.1, 0.15) is 12.4 Å². The molecule has 0 spiro atoms. The van der Waals surface area contributed by atoms with Crippen molar-refractivity contribution in [3.8, 4) is 0 Å². The Morgan fingerprint density at radius 3 is 2.27 bits per heavy atom. The summed E-state index contributed by atoms with van der Waals surface area (Å²) in [5, 5.41) is 3.17. The Bertz CT molecular complexity index is 1160. The van der Waals surface area contributed by atoms with Gasteiger partial charge in [-0.15, -0.1) is 0 Å². The minimum atomic E-state index is -4.07. The number of hydrogen-bond acceptors (Lipinski definition) is 3. The van der Waals surface area contributed by atoms with Crippen molar-refractivity contribution in [2.45, 2.75) is 18.7 Å². The third-order valence-corrected chi connectivity index (χ3v) is 6.75. The molecule has 156 valence electrons. The van der Waals surface area contributed by atoms with E-state index >= 15 is 0 Å². The van der Waals surface area contributed by atoms with Gasteiger partial charge in [0.25, 0.3) is 10.0 Å². The summed E-state index contributed by atoms with van der Waals surface area (Å²) in [6.07, 6.45) is 0. The largest absolute Gasteiger partial charge is 0.324 e. The fourth-order valence-electron chi connectivity index (χ4n) is 2.82. The third-order valence-electron chi connectivity index (χ3n) is 4.55. The summed E-state index contributed by atoms with van der Waals surface area (Å²) in [5.41, 5.74) is 2.23. The monoisotopic (exact) mass is 446 g/mol. The number of sulfonamides is 1. The molecule has 1 N–H and O–H groups in total. The summed E-state index contributed by atoms with van der Waals surface area (Å²) in [6.45, 7) is 3.10. The zero-order valence-electron chi connectivity index (χ0n) is 16.4. The lowest BCUT2D eigenvalue weighted by Crippen LogP contribution is -2.38. The molecule has 0 radical (unpaired) electrons. The minimum absolute atomic E-state index is 0.0316. The summed E-state index contributed by atoms with van der Waals surface area (Å²) in [7, 11) is -4.07. The molecule has 0 saturated heterocycles. The van der Waals surface area contributed by atoms with Gasteiger partial charge in [0.2, 0.25) is 5.91 Å². The maximum Gasteiger partial charge on any atom is 0.264 e. The quantitative estimate of drug-likeness (QED) is 0.583. The van der Waals surface area contributed by atoms with Crippen molar-refractivity contribution in [1.29, 1.82) is 0 Å². The van der Waals surface area contributed by atoms with Gasteiger partial charge in [-0.1, -0.05) is 35.4 Å². The van der Waals surface area contributed by atoms with Gasteiger partial charge in [-0.25, -0.2) is 12.8 Å². The van der Waals surface area contributed by atoms with Gasteiger partial charge in [0.05, 0.1) is 10.6 Å². The van der Waals surface area contributed by atoms with Crippen LogP contribution in [0, 0.1) is 19.7 Å². The summed E-state index contributed by atoms with van der Waals surface area (Å²) in [5.74, 6) is -1.06. The summed E-state index contributed by atoms with van der Waals surface area (Å²) >= 11 is 6.09. The first-order valence-electron chi connectivity index (χ1n) is 9.08. The van der Waals surface area contributed by atoms with Crippen LogP contribution in [-0.4, -0.2) is 20.9 Å². The minimum Gasteiger partial charge on any atom is -0.324 e. The van der Waals surface area contributed by atoms with Gasteiger partial charge < -0.3 is 5.32 Å². The van der Waals surface area contributed by atoms with E-state index in [1.807, 2.05) is 6.92 Å². The van der Waals surface area contributed by atoms with Crippen LogP contribution < -0.4 is 9.62 Å². The molecule has 8 heteroatoms. The summed E-state index contributed by atoms with van der Waals surface area (Å²) in [6, 6.07) is 16.3. The molecule has 1 amide bonds. The predicted molar refractivity (Wildman–Crippen MR) is 117 cm³/mol. The number of carbonyl (C=O) groups is 1. The van der Waals surface area contributed by atoms with Crippen molar-refractivity contribution < 1.29 is 17.6 Å². The molecular formula is C22H20ClFN2O3S. The van der Waals surface area contributed by atoms with Crippen molar-refractivity contribution in [3.05, 3.63) is 88.7 Å². The molecular weight excluding hydrogens is 427 g/mol. The highest BCUT2D eigenvalue weighted by molar-refractivity contribution is 7.92. The Balaban J connectivity index is 1.95. The number of benzene rings is 3. The fraction of sp³-hybridized carbons (Fsp3) is 0.136. The fourth-order valence-corrected chi connectivity index (χ4v) is 4.42. The molecule has 0 heterocycles. The second-order valence-corrected chi connectivity index (χ2v) is 9.03. The average Bonchev–Trinajstić information content (AvgIpc) is 2.71. The number of amides is 1. The van der Waals surface area contributed by atoms with E-state index in [9.17, 15) is 17.6 Å². The van der Waals surface area contributed by atoms with E-state index in [0.717, 1.165) is 22.0 Å². The molecule has 30 heavy (non-hydrogen) atoms. The zero-order chi connectivity index (χ0) is 21.9. The van der Waals surface area contributed by atoms with Crippen LogP contribution in [0.3, 0.4) is 0 Å². The van der Waals surface area contributed by atoms with Crippen molar-refractivity contribution in [2.75, 3.05) is 16.2 Å². The van der Waals surface area contributed by atoms with E-state index in [1.165, 1.54) is 24.3 Å². The molecule has 0 atom stereocenters. The Hall–Kier alpha value is -2.90. The highest BCUT2D eigenvalue weighted by Crippen LogP contribution is 2.26. The van der Waals surface area contributed by atoms with Crippen LogP contribution in [0.1, 0.15) is 11.1 Å². The van der Waals surface area contributed by atoms with E-state index in [4.69, 9.17) is 11.6 Å². The third kappa shape index (κ3) is 4.80. The number of nitrogens with one attached hydrogen (secondary N) is 1. The van der Waals surface area contributed by atoms with Crippen molar-refractivity contribution in [3.63, 3.8) is 0 Å². The van der Waals surface area contributed by atoms with Gasteiger partial charge >= 0.3 is 0 Å². The van der Waals surface area contributed by atoms with Gasteiger partial charge in [0.15, 0.2) is 0 Å². The topological polar surface area (TPSA) is 66.5 Å². The molecule has 3 aromatic rings. The number of hydrogen-bond donors (Lipinski definition) is 1. The highest BCUT2D eigenvalue weighted by Gasteiger charge is 2.27. The second kappa shape index (κ2) is 8.85. The number of halogens is 2. The van der Waals surface area contributed by atoms with Crippen LogP contribution in [0.25, 0.3) is 0 Å². The van der Waals surface area contributed by atoms with Gasteiger partial charge in [-0.2, -0.15) is 0 Å².